The van der Waals surface area contributed by atoms with E-state index in [0.717, 1.165) is 11.1 Å². The fraction of sp³-hybridized carbons (Fsp3) is 0.286. The van der Waals surface area contributed by atoms with E-state index in [9.17, 15) is 4.79 Å². The Bertz CT molecular complexity index is 620. The molecule has 1 aromatic heterocycles. The highest BCUT2D eigenvalue weighted by Crippen LogP contribution is 2.23. The van der Waals surface area contributed by atoms with Crippen LogP contribution in [0.3, 0.4) is 0 Å². The number of nitrogens with zero attached hydrogens (tertiary/aromatic N) is 1. The second-order valence-corrected chi connectivity index (χ2v) is 4.78. The van der Waals surface area contributed by atoms with Crippen molar-refractivity contribution < 1.29 is 9.21 Å². The zero-order valence-corrected chi connectivity index (χ0v) is 11.8. The van der Waals surface area contributed by atoms with E-state index in [4.69, 9.17) is 16.0 Å². The Morgan fingerprint density at radius 3 is 2.74 bits per heavy atom. The van der Waals surface area contributed by atoms with Gasteiger partial charge in [0.05, 0.1) is 23.3 Å². The first-order valence-corrected chi connectivity index (χ1v) is 6.32. The van der Waals surface area contributed by atoms with E-state index in [0.29, 0.717) is 28.8 Å². The van der Waals surface area contributed by atoms with Crippen LogP contribution in [-0.2, 0) is 6.54 Å². The molecule has 0 bridgehead atoms. The van der Waals surface area contributed by atoms with Crippen molar-refractivity contribution in [2.45, 2.75) is 27.3 Å². The number of halogens is 1. The quantitative estimate of drug-likeness (QED) is 0.938. The molecule has 0 atom stereocenters. The second-order valence-electron chi connectivity index (χ2n) is 4.40. The van der Waals surface area contributed by atoms with Crippen LogP contribution >= 0.6 is 11.6 Å². The molecule has 5 heteroatoms. The van der Waals surface area contributed by atoms with Crippen LogP contribution in [0.4, 0.5) is 0 Å². The number of hydrogen-bond donors (Lipinski definition) is 1. The lowest BCUT2D eigenvalue weighted by Crippen LogP contribution is -2.23. The third-order valence-electron chi connectivity index (χ3n) is 2.99. The molecule has 2 aromatic rings. The summed E-state index contributed by atoms with van der Waals surface area (Å²) in [5, 5.41) is 3.25. The number of hydrogen-bond acceptors (Lipinski definition) is 3. The van der Waals surface area contributed by atoms with Crippen molar-refractivity contribution >= 4 is 17.5 Å². The normalized spacial score (nSPS) is 10.5. The Labute approximate surface area is 116 Å². The molecule has 0 saturated carbocycles. The van der Waals surface area contributed by atoms with Crippen LogP contribution in [0.15, 0.2) is 22.7 Å². The summed E-state index contributed by atoms with van der Waals surface area (Å²) in [6.45, 7) is 5.91. The minimum absolute atomic E-state index is 0.220. The summed E-state index contributed by atoms with van der Waals surface area (Å²) in [7, 11) is 0. The molecule has 0 aliphatic carbocycles. The number of aromatic nitrogens is 1. The Hall–Kier alpha value is -1.81. The molecule has 2 rings (SSSR count). The van der Waals surface area contributed by atoms with Gasteiger partial charge in [0.2, 0.25) is 0 Å². The standard InChI is InChI=1S/C14H15ClN2O2/c1-8-4-5-12(13(15)9(8)2)14(18)17-7-11-6-16-10(3)19-11/h4-6H,7H2,1-3H3,(H,17,18). The van der Waals surface area contributed by atoms with Crippen molar-refractivity contribution in [2.24, 2.45) is 0 Å². The molecule has 4 nitrogen and oxygen atoms in total. The number of amides is 1. The highest BCUT2D eigenvalue weighted by molar-refractivity contribution is 6.34. The van der Waals surface area contributed by atoms with E-state index in [2.05, 4.69) is 10.3 Å². The van der Waals surface area contributed by atoms with Crippen LogP contribution in [0.25, 0.3) is 0 Å². The van der Waals surface area contributed by atoms with Crippen molar-refractivity contribution in [3.8, 4) is 0 Å². The summed E-state index contributed by atoms with van der Waals surface area (Å²) >= 11 is 6.18. The minimum atomic E-state index is -0.220. The van der Waals surface area contributed by atoms with Gasteiger partial charge in [0, 0.05) is 6.92 Å². The molecular formula is C14H15ClN2O2. The van der Waals surface area contributed by atoms with E-state index in [-0.39, 0.29) is 5.91 Å². The first-order valence-electron chi connectivity index (χ1n) is 5.94. The van der Waals surface area contributed by atoms with Gasteiger partial charge in [-0.05, 0) is 31.0 Å². The van der Waals surface area contributed by atoms with Crippen LogP contribution in [0.5, 0.6) is 0 Å². The van der Waals surface area contributed by atoms with E-state index in [1.165, 1.54) is 0 Å². The molecule has 0 radical (unpaired) electrons. The van der Waals surface area contributed by atoms with Gasteiger partial charge in [-0.1, -0.05) is 17.7 Å². The molecule has 0 spiro atoms. The summed E-state index contributed by atoms with van der Waals surface area (Å²) < 4.78 is 5.28. The van der Waals surface area contributed by atoms with Gasteiger partial charge in [-0.15, -0.1) is 0 Å². The lowest BCUT2D eigenvalue weighted by Gasteiger charge is -2.09. The van der Waals surface area contributed by atoms with Gasteiger partial charge in [-0.25, -0.2) is 4.98 Å². The van der Waals surface area contributed by atoms with Crippen LogP contribution in [0.2, 0.25) is 5.02 Å². The molecule has 1 N–H and O–H groups in total. The number of aryl methyl sites for hydroxylation is 2. The van der Waals surface area contributed by atoms with Crippen molar-refractivity contribution in [3.63, 3.8) is 0 Å². The van der Waals surface area contributed by atoms with E-state index in [1.807, 2.05) is 19.9 Å². The summed E-state index contributed by atoms with van der Waals surface area (Å²) in [4.78, 5) is 16.0. The van der Waals surface area contributed by atoms with Gasteiger partial charge in [0.1, 0.15) is 5.76 Å². The second kappa shape index (κ2) is 5.45. The predicted octanol–water partition coefficient (Wildman–Crippen LogP) is 3.18. The number of rotatable bonds is 3. The third kappa shape index (κ3) is 2.96. The first kappa shape index (κ1) is 13.6. The Balaban J connectivity index is 2.10. The number of nitrogens with one attached hydrogen (secondary N) is 1. The minimum Gasteiger partial charge on any atom is -0.444 e. The first-order chi connectivity index (χ1) is 8.99. The monoisotopic (exact) mass is 278 g/mol. The predicted molar refractivity (Wildman–Crippen MR) is 73.3 cm³/mol. The van der Waals surface area contributed by atoms with Gasteiger partial charge in [0.25, 0.3) is 5.91 Å². The van der Waals surface area contributed by atoms with Gasteiger partial charge >= 0.3 is 0 Å². The van der Waals surface area contributed by atoms with Crippen molar-refractivity contribution in [2.75, 3.05) is 0 Å². The number of carbonyl (C=O) groups excluding carboxylic acids is 1. The molecule has 1 aromatic carbocycles. The number of benzene rings is 1. The fourth-order valence-corrected chi connectivity index (χ4v) is 2.00. The molecule has 0 aliphatic heterocycles. The Kier molecular flexibility index (Phi) is 3.90. The maximum Gasteiger partial charge on any atom is 0.253 e. The van der Waals surface area contributed by atoms with E-state index < -0.39 is 0 Å². The summed E-state index contributed by atoms with van der Waals surface area (Å²) in [5.74, 6) is 0.974. The largest absolute Gasteiger partial charge is 0.444 e. The molecule has 0 aliphatic rings. The van der Waals surface area contributed by atoms with Gasteiger partial charge < -0.3 is 9.73 Å². The Morgan fingerprint density at radius 2 is 2.11 bits per heavy atom. The van der Waals surface area contributed by atoms with E-state index >= 15 is 0 Å². The smallest absolute Gasteiger partial charge is 0.253 e. The van der Waals surface area contributed by atoms with Crippen LogP contribution in [0, 0.1) is 20.8 Å². The zero-order chi connectivity index (χ0) is 14.0. The highest BCUT2D eigenvalue weighted by atomic mass is 35.5. The van der Waals surface area contributed by atoms with Crippen molar-refractivity contribution in [1.29, 1.82) is 0 Å². The summed E-state index contributed by atoms with van der Waals surface area (Å²) in [6, 6.07) is 3.61. The average molecular weight is 279 g/mol. The lowest BCUT2D eigenvalue weighted by atomic mass is 10.1. The molecule has 1 amide bonds. The Morgan fingerprint density at radius 1 is 1.37 bits per heavy atom. The summed E-state index contributed by atoms with van der Waals surface area (Å²) in [5.41, 5.74) is 2.46. The molecule has 0 unspecified atom stereocenters. The van der Waals surface area contributed by atoms with Gasteiger partial charge in [-0.2, -0.15) is 0 Å². The topological polar surface area (TPSA) is 55.1 Å². The lowest BCUT2D eigenvalue weighted by molar-refractivity contribution is 0.0948. The van der Waals surface area contributed by atoms with E-state index in [1.54, 1.807) is 19.2 Å². The van der Waals surface area contributed by atoms with Gasteiger partial charge in [-0.3, -0.25) is 4.79 Å². The molecule has 100 valence electrons. The molecule has 0 fully saturated rings. The fourth-order valence-electron chi connectivity index (χ4n) is 1.71. The third-order valence-corrected chi connectivity index (χ3v) is 3.48. The molecule has 1 heterocycles. The molecule has 0 saturated heterocycles. The molecular weight excluding hydrogens is 264 g/mol. The zero-order valence-electron chi connectivity index (χ0n) is 11.1. The number of oxazole rings is 1. The average Bonchev–Trinajstić information content (AvgIpc) is 2.79. The summed E-state index contributed by atoms with van der Waals surface area (Å²) in [6.07, 6.45) is 1.59. The highest BCUT2D eigenvalue weighted by Gasteiger charge is 2.13. The van der Waals surface area contributed by atoms with Crippen LogP contribution < -0.4 is 5.32 Å². The molecule has 19 heavy (non-hydrogen) atoms. The van der Waals surface area contributed by atoms with Crippen molar-refractivity contribution in [1.82, 2.24) is 10.3 Å². The van der Waals surface area contributed by atoms with Crippen LogP contribution in [0.1, 0.15) is 33.1 Å². The maximum absolute atomic E-state index is 12.1. The van der Waals surface area contributed by atoms with Gasteiger partial charge in [0.15, 0.2) is 5.89 Å². The number of carbonyl (C=O) groups is 1. The maximum atomic E-state index is 12.1. The SMILES string of the molecule is Cc1ncc(CNC(=O)c2ccc(C)c(C)c2Cl)o1. The van der Waals surface area contributed by atoms with Crippen molar-refractivity contribution in [3.05, 3.63) is 51.7 Å². The van der Waals surface area contributed by atoms with Crippen LogP contribution in [-0.4, -0.2) is 10.9 Å².